The van der Waals surface area contributed by atoms with Crippen molar-refractivity contribution in [3.63, 3.8) is 0 Å². The van der Waals surface area contributed by atoms with Gasteiger partial charge >= 0.3 is 0 Å². The number of hydrogen-bond acceptors (Lipinski definition) is 4. The maximum atomic E-state index is 12.0. The Bertz CT molecular complexity index is 825. The van der Waals surface area contributed by atoms with Crippen molar-refractivity contribution < 1.29 is 14.3 Å². The predicted octanol–water partition coefficient (Wildman–Crippen LogP) is 3.50. The lowest BCUT2D eigenvalue weighted by Gasteiger charge is -2.11. The molecule has 0 bridgehead atoms. The summed E-state index contributed by atoms with van der Waals surface area (Å²) in [7, 11) is 0. The zero-order valence-electron chi connectivity index (χ0n) is 14.3. The average molecular weight is 392 g/mol. The van der Waals surface area contributed by atoms with E-state index >= 15 is 0 Å². The van der Waals surface area contributed by atoms with Gasteiger partial charge in [0.1, 0.15) is 5.75 Å². The van der Waals surface area contributed by atoms with Crippen LogP contribution in [0.2, 0.25) is 5.02 Å². The minimum absolute atomic E-state index is 0.116. The van der Waals surface area contributed by atoms with Crippen LogP contribution >= 0.6 is 23.8 Å². The van der Waals surface area contributed by atoms with Crippen LogP contribution in [0.3, 0.4) is 0 Å². The van der Waals surface area contributed by atoms with Gasteiger partial charge in [0.05, 0.1) is 0 Å². The van der Waals surface area contributed by atoms with Crippen LogP contribution in [0.15, 0.2) is 42.5 Å². The number of hydrogen-bond donors (Lipinski definition) is 3. The summed E-state index contributed by atoms with van der Waals surface area (Å²) in [6, 6.07) is 12.1. The number of benzene rings is 2. The standard InChI is InChI=1S/C18H18ClN3O3S/c1-11-9-13(19)3-8-16(11)25-10-17(24)21-14-4-6-15(7-5-14)22-18(26)20-12(2)23/h3-9H,10H2,1-2H3,(H,21,24)(H2,20,22,23,26). The van der Waals surface area contributed by atoms with Crippen LogP contribution in [-0.2, 0) is 9.59 Å². The highest BCUT2D eigenvalue weighted by molar-refractivity contribution is 7.80. The Morgan fingerprint density at radius 1 is 1.08 bits per heavy atom. The predicted molar refractivity (Wildman–Crippen MR) is 107 cm³/mol. The molecule has 0 aromatic heterocycles. The molecule has 0 heterocycles. The van der Waals surface area contributed by atoms with E-state index in [1.165, 1.54) is 6.92 Å². The van der Waals surface area contributed by atoms with Gasteiger partial charge in [0.15, 0.2) is 11.7 Å². The number of anilines is 2. The first kappa shape index (κ1) is 19.7. The average Bonchev–Trinajstić information content (AvgIpc) is 2.55. The lowest BCUT2D eigenvalue weighted by Crippen LogP contribution is -2.32. The van der Waals surface area contributed by atoms with Crippen LogP contribution in [0.25, 0.3) is 0 Å². The molecule has 0 unspecified atom stereocenters. The van der Waals surface area contributed by atoms with Gasteiger partial charge in [0.25, 0.3) is 5.91 Å². The third kappa shape index (κ3) is 6.34. The normalized spacial score (nSPS) is 9.96. The Kier molecular flexibility index (Phi) is 6.94. The zero-order valence-corrected chi connectivity index (χ0v) is 15.8. The number of aryl methyl sites for hydroxylation is 1. The third-order valence-electron chi connectivity index (χ3n) is 3.21. The number of halogens is 1. The number of thiocarbonyl (C=S) groups is 1. The highest BCUT2D eigenvalue weighted by Gasteiger charge is 2.06. The summed E-state index contributed by atoms with van der Waals surface area (Å²) in [6.07, 6.45) is 0. The molecule has 0 aliphatic carbocycles. The van der Waals surface area contributed by atoms with Crippen LogP contribution < -0.4 is 20.7 Å². The van der Waals surface area contributed by atoms with Crippen LogP contribution in [0, 0.1) is 6.92 Å². The Labute approximate surface area is 161 Å². The summed E-state index contributed by atoms with van der Waals surface area (Å²) in [4.78, 5) is 22.9. The van der Waals surface area contributed by atoms with Crippen molar-refractivity contribution >= 4 is 52.1 Å². The lowest BCUT2D eigenvalue weighted by atomic mass is 10.2. The van der Waals surface area contributed by atoms with E-state index in [-0.39, 0.29) is 23.5 Å². The van der Waals surface area contributed by atoms with Gasteiger partial charge in [-0.05, 0) is 67.2 Å². The molecule has 0 saturated carbocycles. The number of amides is 2. The highest BCUT2D eigenvalue weighted by atomic mass is 35.5. The fourth-order valence-corrected chi connectivity index (χ4v) is 2.56. The van der Waals surface area contributed by atoms with Gasteiger partial charge in [-0.2, -0.15) is 0 Å². The first-order chi connectivity index (χ1) is 12.3. The fourth-order valence-electron chi connectivity index (χ4n) is 2.07. The van der Waals surface area contributed by atoms with E-state index in [0.717, 1.165) is 5.56 Å². The molecule has 0 radical (unpaired) electrons. The molecule has 0 saturated heterocycles. The molecule has 0 aliphatic heterocycles. The van der Waals surface area contributed by atoms with Gasteiger partial charge in [-0.3, -0.25) is 9.59 Å². The van der Waals surface area contributed by atoms with E-state index in [0.29, 0.717) is 22.1 Å². The van der Waals surface area contributed by atoms with E-state index in [9.17, 15) is 9.59 Å². The smallest absolute Gasteiger partial charge is 0.262 e. The highest BCUT2D eigenvalue weighted by Crippen LogP contribution is 2.21. The van der Waals surface area contributed by atoms with Gasteiger partial charge in [-0.1, -0.05) is 11.6 Å². The number of carbonyl (C=O) groups is 2. The SMILES string of the molecule is CC(=O)NC(=S)Nc1ccc(NC(=O)COc2ccc(Cl)cc2C)cc1. The van der Waals surface area contributed by atoms with Crippen molar-refractivity contribution in [2.45, 2.75) is 13.8 Å². The second kappa shape index (κ2) is 9.17. The largest absolute Gasteiger partial charge is 0.483 e. The van der Waals surface area contributed by atoms with Crippen LogP contribution in [0.1, 0.15) is 12.5 Å². The zero-order chi connectivity index (χ0) is 19.1. The molecule has 0 spiro atoms. The van der Waals surface area contributed by atoms with Gasteiger partial charge in [-0.25, -0.2) is 0 Å². The molecule has 3 N–H and O–H groups in total. The first-order valence-electron chi connectivity index (χ1n) is 7.71. The summed E-state index contributed by atoms with van der Waals surface area (Å²) in [5.74, 6) is 0.0757. The molecule has 2 amide bonds. The van der Waals surface area contributed by atoms with E-state index in [1.54, 1.807) is 42.5 Å². The van der Waals surface area contributed by atoms with Gasteiger partial charge in [0, 0.05) is 23.3 Å². The molecular formula is C18H18ClN3O3S. The molecule has 8 heteroatoms. The molecule has 136 valence electrons. The first-order valence-corrected chi connectivity index (χ1v) is 8.49. The van der Waals surface area contributed by atoms with Crippen LogP contribution in [-0.4, -0.2) is 23.5 Å². The van der Waals surface area contributed by atoms with Gasteiger partial charge in [0.2, 0.25) is 5.91 Å². The van der Waals surface area contributed by atoms with Gasteiger partial charge in [-0.15, -0.1) is 0 Å². The molecular weight excluding hydrogens is 374 g/mol. The van der Waals surface area contributed by atoms with Crippen LogP contribution in [0.5, 0.6) is 5.75 Å². The Morgan fingerprint density at radius 2 is 1.69 bits per heavy atom. The molecule has 2 rings (SSSR count). The van der Waals surface area contributed by atoms with Crippen LogP contribution in [0.4, 0.5) is 11.4 Å². The molecule has 2 aromatic rings. The van der Waals surface area contributed by atoms with Crippen molar-refractivity contribution in [3.8, 4) is 5.75 Å². The summed E-state index contributed by atoms with van der Waals surface area (Å²) in [6.45, 7) is 3.12. The number of nitrogens with one attached hydrogen (secondary N) is 3. The quantitative estimate of drug-likeness (QED) is 0.680. The van der Waals surface area contributed by atoms with E-state index < -0.39 is 0 Å². The van der Waals surface area contributed by atoms with Crippen molar-refractivity contribution in [3.05, 3.63) is 53.1 Å². The Hall–Kier alpha value is -2.64. The molecule has 26 heavy (non-hydrogen) atoms. The third-order valence-corrected chi connectivity index (χ3v) is 3.65. The maximum absolute atomic E-state index is 12.0. The van der Waals surface area contributed by atoms with E-state index in [4.69, 9.17) is 28.6 Å². The van der Waals surface area contributed by atoms with E-state index in [2.05, 4.69) is 16.0 Å². The monoisotopic (exact) mass is 391 g/mol. The second-order valence-electron chi connectivity index (χ2n) is 5.46. The summed E-state index contributed by atoms with van der Waals surface area (Å²) < 4.78 is 5.50. The van der Waals surface area contributed by atoms with Crippen molar-refractivity contribution in [2.75, 3.05) is 17.2 Å². The molecule has 0 atom stereocenters. The Balaban J connectivity index is 1.85. The molecule has 6 nitrogen and oxygen atoms in total. The molecule has 0 fully saturated rings. The van der Waals surface area contributed by atoms with Crippen molar-refractivity contribution in [1.29, 1.82) is 0 Å². The number of carbonyl (C=O) groups excluding carboxylic acids is 2. The topological polar surface area (TPSA) is 79.5 Å². The summed E-state index contributed by atoms with van der Waals surface area (Å²) >= 11 is 10.9. The second-order valence-corrected chi connectivity index (χ2v) is 6.30. The summed E-state index contributed by atoms with van der Waals surface area (Å²) in [5.41, 5.74) is 2.16. The maximum Gasteiger partial charge on any atom is 0.262 e. The minimum Gasteiger partial charge on any atom is -0.483 e. The number of ether oxygens (including phenoxy) is 1. The van der Waals surface area contributed by atoms with Crippen molar-refractivity contribution in [2.24, 2.45) is 0 Å². The lowest BCUT2D eigenvalue weighted by molar-refractivity contribution is -0.118. The molecule has 2 aromatic carbocycles. The molecule has 0 aliphatic rings. The van der Waals surface area contributed by atoms with E-state index in [1.807, 2.05) is 6.92 Å². The fraction of sp³-hybridized carbons (Fsp3) is 0.167. The van der Waals surface area contributed by atoms with Crippen molar-refractivity contribution in [1.82, 2.24) is 5.32 Å². The summed E-state index contributed by atoms with van der Waals surface area (Å²) in [5, 5.41) is 8.89. The van der Waals surface area contributed by atoms with Gasteiger partial charge < -0.3 is 20.7 Å². The Morgan fingerprint density at radius 3 is 2.27 bits per heavy atom. The minimum atomic E-state index is -0.283. The number of rotatable bonds is 5.